The second-order valence-corrected chi connectivity index (χ2v) is 2.73. The first kappa shape index (κ1) is 13.2. The largest absolute Gasteiger partial charge is 0.325 e. The first-order valence-corrected chi connectivity index (χ1v) is 3.94. The summed E-state index contributed by atoms with van der Waals surface area (Å²) in [6, 6.07) is 10.2. The first-order chi connectivity index (χ1) is 5.90. The molecule has 2 aromatic rings. The van der Waals surface area contributed by atoms with Crippen LogP contribution < -0.4 is 5.73 Å². The van der Waals surface area contributed by atoms with Crippen LogP contribution in [0.4, 0.5) is 0 Å². The Hall–Kier alpha value is -0.830. The molecule has 0 aliphatic heterocycles. The minimum absolute atomic E-state index is 0. The third kappa shape index (κ3) is 2.58. The molecule has 1 heterocycles. The van der Waals surface area contributed by atoms with Crippen molar-refractivity contribution in [1.29, 1.82) is 0 Å². The molecular weight excluding hydrogens is 219 g/mol. The Morgan fingerprint density at radius 1 is 1.07 bits per heavy atom. The van der Waals surface area contributed by atoms with E-state index in [0.29, 0.717) is 6.54 Å². The van der Waals surface area contributed by atoms with Gasteiger partial charge in [-0.25, -0.2) is 0 Å². The maximum Gasteiger partial charge on any atom is 0.0545 e. The van der Waals surface area contributed by atoms with Crippen molar-refractivity contribution in [3.05, 3.63) is 42.2 Å². The molecular formula is C10H12Cl2N2. The van der Waals surface area contributed by atoms with E-state index in [1.165, 1.54) is 5.39 Å². The minimum atomic E-state index is 0. The summed E-state index contributed by atoms with van der Waals surface area (Å²) < 4.78 is 0. The summed E-state index contributed by atoms with van der Waals surface area (Å²) in [4.78, 5) is 4.20. The fourth-order valence-electron chi connectivity index (χ4n) is 1.24. The first-order valence-electron chi connectivity index (χ1n) is 3.94. The van der Waals surface area contributed by atoms with Gasteiger partial charge in [0.1, 0.15) is 0 Å². The van der Waals surface area contributed by atoms with Crippen LogP contribution in [-0.4, -0.2) is 4.98 Å². The van der Waals surface area contributed by atoms with Crippen molar-refractivity contribution in [1.82, 2.24) is 4.98 Å². The average molecular weight is 231 g/mol. The van der Waals surface area contributed by atoms with Gasteiger partial charge in [-0.15, -0.1) is 24.8 Å². The van der Waals surface area contributed by atoms with Gasteiger partial charge in [0, 0.05) is 18.1 Å². The number of nitrogens with zero attached hydrogens (tertiary/aromatic N) is 1. The van der Waals surface area contributed by atoms with Gasteiger partial charge in [-0.2, -0.15) is 0 Å². The standard InChI is InChI=1S/C10H10N2.2ClH/c11-6-10-5-8-3-1-2-4-9(8)7-12-10;;/h1-5,7H,6,11H2;2*1H. The Morgan fingerprint density at radius 3 is 2.36 bits per heavy atom. The van der Waals surface area contributed by atoms with Gasteiger partial charge in [-0.1, -0.05) is 24.3 Å². The van der Waals surface area contributed by atoms with Crippen LogP contribution in [0.25, 0.3) is 10.8 Å². The van der Waals surface area contributed by atoms with E-state index < -0.39 is 0 Å². The highest BCUT2D eigenvalue weighted by molar-refractivity contribution is 5.85. The van der Waals surface area contributed by atoms with Gasteiger partial charge in [0.15, 0.2) is 0 Å². The van der Waals surface area contributed by atoms with Crippen molar-refractivity contribution in [2.24, 2.45) is 5.73 Å². The van der Waals surface area contributed by atoms with E-state index in [4.69, 9.17) is 5.73 Å². The summed E-state index contributed by atoms with van der Waals surface area (Å²) in [6.45, 7) is 0.505. The van der Waals surface area contributed by atoms with Crippen LogP contribution in [0.1, 0.15) is 5.69 Å². The highest BCUT2D eigenvalue weighted by Crippen LogP contribution is 2.12. The van der Waals surface area contributed by atoms with Gasteiger partial charge >= 0.3 is 0 Å². The fraction of sp³-hybridized carbons (Fsp3) is 0.100. The molecule has 1 aromatic heterocycles. The minimum Gasteiger partial charge on any atom is -0.325 e. The monoisotopic (exact) mass is 230 g/mol. The fourth-order valence-corrected chi connectivity index (χ4v) is 1.24. The Bertz CT molecular complexity index is 404. The zero-order valence-corrected chi connectivity index (χ0v) is 9.15. The average Bonchev–Trinajstić information content (AvgIpc) is 2.17. The maximum atomic E-state index is 5.48. The second kappa shape index (κ2) is 5.81. The van der Waals surface area contributed by atoms with E-state index in [1.807, 2.05) is 30.5 Å². The third-order valence-electron chi connectivity index (χ3n) is 1.90. The smallest absolute Gasteiger partial charge is 0.0545 e. The molecule has 0 unspecified atom stereocenters. The number of aromatic nitrogens is 1. The SMILES string of the molecule is Cl.Cl.NCc1cc2ccccc2cn1. The van der Waals surface area contributed by atoms with Crippen molar-refractivity contribution in [2.45, 2.75) is 6.54 Å². The lowest BCUT2D eigenvalue weighted by Crippen LogP contribution is -1.98. The van der Waals surface area contributed by atoms with Crippen molar-refractivity contribution >= 4 is 35.6 Å². The molecule has 4 heteroatoms. The number of hydrogen-bond donors (Lipinski definition) is 1. The Balaban J connectivity index is 0.000000845. The number of benzene rings is 1. The zero-order valence-electron chi connectivity index (χ0n) is 7.51. The van der Waals surface area contributed by atoms with Crippen LogP contribution in [0.5, 0.6) is 0 Å². The normalized spacial score (nSPS) is 8.93. The summed E-state index contributed by atoms with van der Waals surface area (Å²) in [5.74, 6) is 0. The Kier molecular flexibility index (Phi) is 5.46. The molecule has 0 bridgehead atoms. The molecule has 0 spiro atoms. The molecule has 0 aliphatic rings. The van der Waals surface area contributed by atoms with Crippen LogP contribution in [0.15, 0.2) is 36.5 Å². The number of halogens is 2. The zero-order chi connectivity index (χ0) is 8.39. The van der Waals surface area contributed by atoms with Crippen LogP contribution in [-0.2, 0) is 6.54 Å². The highest BCUT2D eigenvalue weighted by atomic mass is 35.5. The second-order valence-electron chi connectivity index (χ2n) is 2.73. The van der Waals surface area contributed by atoms with Crippen LogP contribution in [0.2, 0.25) is 0 Å². The van der Waals surface area contributed by atoms with E-state index in [0.717, 1.165) is 11.1 Å². The lowest BCUT2D eigenvalue weighted by molar-refractivity contribution is 0.998. The molecule has 76 valence electrons. The van der Waals surface area contributed by atoms with E-state index >= 15 is 0 Å². The van der Waals surface area contributed by atoms with Crippen molar-refractivity contribution in [3.63, 3.8) is 0 Å². The summed E-state index contributed by atoms with van der Waals surface area (Å²) in [5, 5.41) is 2.36. The maximum absolute atomic E-state index is 5.48. The van der Waals surface area contributed by atoms with E-state index in [2.05, 4.69) is 11.1 Å². The Labute approximate surface area is 95.3 Å². The van der Waals surface area contributed by atoms with Gasteiger partial charge in [-0.05, 0) is 11.5 Å². The van der Waals surface area contributed by atoms with Crippen molar-refractivity contribution < 1.29 is 0 Å². The number of fused-ring (bicyclic) bond motifs is 1. The summed E-state index contributed by atoms with van der Waals surface area (Å²) in [5.41, 5.74) is 6.42. The lowest BCUT2D eigenvalue weighted by Gasteiger charge is -1.98. The van der Waals surface area contributed by atoms with Gasteiger partial charge in [0.05, 0.1) is 5.69 Å². The van der Waals surface area contributed by atoms with Crippen LogP contribution >= 0.6 is 24.8 Å². The molecule has 1 aromatic carbocycles. The molecule has 2 nitrogen and oxygen atoms in total. The third-order valence-corrected chi connectivity index (χ3v) is 1.90. The predicted octanol–water partition coefficient (Wildman–Crippen LogP) is 2.54. The number of hydrogen-bond acceptors (Lipinski definition) is 2. The number of rotatable bonds is 1. The molecule has 0 aliphatic carbocycles. The van der Waals surface area contributed by atoms with Crippen LogP contribution in [0, 0.1) is 0 Å². The van der Waals surface area contributed by atoms with E-state index in [1.54, 1.807) is 0 Å². The molecule has 0 saturated carbocycles. The number of pyridine rings is 1. The van der Waals surface area contributed by atoms with E-state index in [-0.39, 0.29) is 24.8 Å². The van der Waals surface area contributed by atoms with Crippen molar-refractivity contribution in [2.75, 3.05) is 0 Å². The summed E-state index contributed by atoms with van der Waals surface area (Å²) in [6.07, 6.45) is 1.86. The van der Waals surface area contributed by atoms with Gasteiger partial charge < -0.3 is 5.73 Å². The molecule has 0 amide bonds. The molecule has 0 saturated heterocycles. The number of nitrogens with two attached hydrogens (primary N) is 1. The molecule has 0 radical (unpaired) electrons. The summed E-state index contributed by atoms with van der Waals surface area (Å²) in [7, 11) is 0. The molecule has 2 rings (SSSR count). The van der Waals surface area contributed by atoms with Crippen molar-refractivity contribution in [3.8, 4) is 0 Å². The topological polar surface area (TPSA) is 38.9 Å². The Morgan fingerprint density at radius 2 is 1.71 bits per heavy atom. The molecule has 2 N–H and O–H groups in total. The predicted molar refractivity (Wildman–Crippen MR) is 64.1 cm³/mol. The van der Waals surface area contributed by atoms with E-state index in [9.17, 15) is 0 Å². The van der Waals surface area contributed by atoms with Crippen LogP contribution in [0.3, 0.4) is 0 Å². The van der Waals surface area contributed by atoms with Gasteiger partial charge in [0.25, 0.3) is 0 Å². The molecule has 14 heavy (non-hydrogen) atoms. The highest BCUT2D eigenvalue weighted by Gasteiger charge is 1.93. The summed E-state index contributed by atoms with van der Waals surface area (Å²) >= 11 is 0. The molecule has 0 fully saturated rings. The quantitative estimate of drug-likeness (QED) is 0.819. The van der Waals surface area contributed by atoms with Gasteiger partial charge in [0.2, 0.25) is 0 Å². The van der Waals surface area contributed by atoms with Gasteiger partial charge in [-0.3, -0.25) is 4.98 Å². The molecule has 0 atom stereocenters. The lowest BCUT2D eigenvalue weighted by atomic mass is 10.1.